The molecule has 2 atom stereocenters. The van der Waals surface area contributed by atoms with Gasteiger partial charge in [-0.25, -0.2) is 0 Å². The summed E-state index contributed by atoms with van der Waals surface area (Å²) in [7, 11) is 1.66. The van der Waals surface area contributed by atoms with E-state index in [4.69, 9.17) is 23.9 Å². The zero-order valence-corrected chi connectivity index (χ0v) is 19.8. The molecule has 0 bridgehead atoms. The predicted octanol–water partition coefficient (Wildman–Crippen LogP) is 2.93. The van der Waals surface area contributed by atoms with Crippen LogP contribution in [-0.2, 0) is 9.47 Å². The van der Waals surface area contributed by atoms with Crippen molar-refractivity contribution < 1.29 is 18.9 Å². The van der Waals surface area contributed by atoms with Crippen molar-refractivity contribution in [2.75, 3.05) is 53.1 Å². The van der Waals surface area contributed by atoms with E-state index in [1.165, 1.54) is 0 Å². The molecule has 2 fully saturated rings. The predicted molar refractivity (Wildman–Crippen MR) is 125 cm³/mol. The van der Waals surface area contributed by atoms with Crippen LogP contribution in [0.15, 0.2) is 29.3 Å². The van der Waals surface area contributed by atoms with Gasteiger partial charge in [0, 0.05) is 39.2 Å². The van der Waals surface area contributed by atoms with Gasteiger partial charge in [-0.15, -0.1) is 24.0 Å². The van der Waals surface area contributed by atoms with Crippen molar-refractivity contribution in [1.29, 1.82) is 0 Å². The lowest BCUT2D eigenvalue weighted by atomic mass is 10.1. The second kappa shape index (κ2) is 13.1. The molecule has 2 heterocycles. The SMILES string of the molecule is CCNC(=NCCCOc1ccc(OC)cc1)N1CCOC(C2CCCO2)C1.I. The van der Waals surface area contributed by atoms with Crippen LogP contribution in [0, 0.1) is 0 Å². The minimum Gasteiger partial charge on any atom is -0.497 e. The molecule has 3 rings (SSSR count). The fraction of sp³-hybridized carbons (Fsp3) is 0.667. The number of guanidine groups is 1. The Balaban J connectivity index is 0.00000300. The summed E-state index contributed by atoms with van der Waals surface area (Å²) in [5, 5.41) is 3.41. The Hall–Kier alpha value is -1.26. The topological polar surface area (TPSA) is 64.6 Å². The van der Waals surface area contributed by atoms with Gasteiger partial charge in [0.2, 0.25) is 0 Å². The monoisotopic (exact) mass is 519 g/mol. The third-order valence-corrected chi connectivity index (χ3v) is 5.00. The van der Waals surface area contributed by atoms with Crippen LogP contribution in [0.4, 0.5) is 0 Å². The Morgan fingerprint density at radius 1 is 1.17 bits per heavy atom. The van der Waals surface area contributed by atoms with E-state index in [0.717, 1.165) is 76.1 Å². The molecule has 2 aliphatic heterocycles. The molecule has 1 aromatic rings. The van der Waals surface area contributed by atoms with Crippen LogP contribution in [0.1, 0.15) is 26.2 Å². The maximum absolute atomic E-state index is 5.95. The fourth-order valence-electron chi connectivity index (χ4n) is 3.53. The number of benzene rings is 1. The quantitative estimate of drug-likeness (QED) is 0.247. The molecule has 0 aliphatic carbocycles. The number of nitrogens with zero attached hydrogens (tertiary/aromatic N) is 2. The van der Waals surface area contributed by atoms with Crippen molar-refractivity contribution in [2.24, 2.45) is 4.99 Å². The molecule has 0 saturated carbocycles. The lowest BCUT2D eigenvalue weighted by Crippen LogP contribution is -2.53. The molecule has 29 heavy (non-hydrogen) atoms. The molecule has 2 saturated heterocycles. The van der Waals surface area contributed by atoms with Gasteiger partial charge in [0.1, 0.15) is 17.6 Å². The number of hydrogen-bond acceptors (Lipinski definition) is 5. The van der Waals surface area contributed by atoms with Crippen LogP contribution in [0.25, 0.3) is 0 Å². The van der Waals surface area contributed by atoms with E-state index < -0.39 is 0 Å². The first-order valence-electron chi connectivity index (χ1n) is 10.3. The van der Waals surface area contributed by atoms with Gasteiger partial charge >= 0.3 is 0 Å². The van der Waals surface area contributed by atoms with Crippen molar-refractivity contribution in [3.63, 3.8) is 0 Å². The highest BCUT2D eigenvalue weighted by Crippen LogP contribution is 2.21. The Morgan fingerprint density at radius 3 is 2.62 bits per heavy atom. The third-order valence-electron chi connectivity index (χ3n) is 5.00. The average Bonchev–Trinajstić information content (AvgIpc) is 3.28. The van der Waals surface area contributed by atoms with Gasteiger partial charge in [0.05, 0.1) is 26.4 Å². The Morgan fingerprint density at radius 2 is 1.93 bits per heavy atom. The van der Waals surface area contributed by atoms with Gasteiger partial charge in [0.25, 0.3) is 0 Å². The van der Waals surface area contributed by atoms with Crippen LogP contribution in [0.3, 0.4) is 0 Å². The zero-order valence-electron chi connectivity index (χ0n) is 17.5. The highest BCUT2D eigenvalue weighted by Gasteiger charge is 2.32. The first-order valence-corrected chi connectivity index (χ1v) is 10.3. The molecule has 2 unspecified atom stereocenters. The summed E-state index contributed by atoms with van der Waals surface area (Å²) in [5.41, 5.74) is 0. The first-order chi connectivity index (χ1) is 13.8. The van der Waals surface area contributed by atoms with E-state index in [1.54, 1.807) is 7.11 Å². The largest absolute Gasteiger partial charge is 0.497 e. The van der Waals surface area contributed by atoms with Gasteiger partial charge in [-0.3, -0.25) is 4.99 Å². The molecular weight excluding hydrogens is 485 g/mol. The van der Waals surface area contributed by atoms with E-state index in [1.807, 2.05) is 24.3 Å². The van der Waals surface area contributed by atoms with E-state index in [-0.39, 0.29) is 36.2 Å². The number of aliphatic imine (C=N–C) groups is 1. The molecule has 1 N–H and O–H groups in total. The Kier molecular flexibility index (Phi) is 10.9. The number of ether oxygens (including phenoxy) is 4. The summed E-state index contributed by atoms with van der Waals surface area (Å²) in [4.78, 5) is 7.09. The second-order valence-electron chi connectivity index (χ2n) is 7.02. The molecule has 0 amide bonds. The van der Waals surface area contributed by atoms with Gasteiger partial charge < -0.3 is 29.2 Å². The average molecular weight is 519 g/mol. The second-order valence-corrected chi connectivity index (χ2v) is 7.02. The van der Waals surface area contributed by atoms with E-state index in [0.29, 0.717) is 6.61 Å². The summed E-state index contributed by atoms with van der Waals surface area (Å²) in [6.45, 7) is 7.57. The van der Waals surface area contributed by atoms with E-state index in [9.17, 15) is 0 Å². The maximum Gasteiger partial charge on any atom is 0.194 e. The fourth-order valence-corrected chi connectivity index (χ4v) is 3.53. The number of nitrogens with one attached hydrogen (secondary N) is 1. The van der Waals surface area contributed by atoms with Crippen LogP contribution < -0.4 is 14.8 Å². The van der Waals surface area contributed by atoms with Gasteiger partial charge in [-0.2, -0.15) is 0 Å². The van der Waals surface area contributed by atoms with E-state index in [2.05, 4.69) is 17.1 Å². The first kappa shape index (κ1) is 24.0. The van der Waals surface area contributed by atoms with Crippen molar-refractivity contribution in [3.8, 4) is 11.5 Å². The molecule has 2 aliphatic rings. The molecular formula is C21H34IN3O4. The number of methoxy groups -OCH3 is 1. The molecule has 164 valence electrons. The summed E-state index contributed by atoms with van der Waals surface area (Å²) >= 11 is 0. The Labute approximate surface area is 191 Å². The summed E-state index contributed by atoms with van der Waals surface area (Å²) in [5.74, 6) is 2.64. The summed E-state index contributed by atoms with van der Waals surface area (Å²) < 4.78 is 22.7. The highest BCUT2D eigenvalue weighted by molar-refractivity contribution is 14.0. The number of halogens is 1. The van der Waals surface area contributed by atoms with Crippen molar-refractivity contribution in [1.82, 2.24) is 10.2 Å². The molecule has 1 aromatic carbocycles. The summed E-state index contributed by atoms with van der Waals surface area (Å²) in [6, 6.07) is 7.65. The minimum atomic E-state index is 0. The van der Waals surface area contributed by atoms with Crippen molar-refractivity contribution >= 4 is 29.9 Å². The van der Waals surface area contributed by atoms with Crippen molar-refractivity contribution in [3.05, 3.63) is 24.3 Å². The van der Waals surface area contributed by atoms with Gasteiger partial charge in [-0.1, -0.05) is 0 Å². The molecule has 0 aromatic heterocycles. The number of hydrogen-bond donors (Lipinski definition) is 1. The Bertz CT molecular complexity index is 608. The highest BCUT2D eigenvalue weighted by atomic mass is 127. The molecule has 8 heteroatoms. The zero-order chi connectivity index (χ0) is 19.6. The minimum absolute atomic E-state index is 0. The number of rotatable bonds is 8. The van der Waals surface area contributed by atoms with Crippen LogP contribution in [-0.4, -0.2) is 76.2 Å². The van der Waals surface area contributed by atoms with Crippen LogP contribution in [0.2, 0.25) is 0 Å². The lowest BCUT2D eigenvalue weighted by Gasteiger charge is -2.37. The molecule has 0 radical (unpaired) electrons. The van der Waals surface area contributed by atoms with Gasteiger partial charge in [0.15, 0.2) is 5.96 Å². The molecule has 7 nitrogen and oxygen atoms in total. The normalized spacial score (nSPS) is 22.1. The smallest absolute Gasteiger partial charge is 0.194 e. The number of morpholine rings is 1. The standard InChI is InChI=1S/C21H33N3O4.HI/c1-3-22-21(24-12-15-28-20(16-24)19-6-4-13-27-19)23-11-5-14-26-18-9-7-17(25-2)8-10-18;/h7-10,19-20H,3-6,11-16H2,1-2H3,(H,22,23);1H. The van der Waals surface area contributed by atoms with Crippen LogP contribution in [0.5, 0.6) is 11.5 Å². The maximum atomic E-state index is 5.95. The van der Waals surface area contributed by atoms with Crippen molar-refractivity contribution in [2.45, 2.75) is 38.4 Å². The van der Waals surface area contributed by atoms with Crippen LogP contribution >= 0.6 is 24.0 Å². The third kappa shape index (κ3) is 7.49. The van der Waals surface area contributed by atoms with E-state index >= 15 is 0 Å². The molecule has 0 spiro atoms. The van der Waals surface area contributed by atoms with Gasteiger partial charge in [-0.05, 0) is 44.0 Å². The summed E-state index contributed by atoms with van der Waals surface area (Å²) in [6.07, 6.45) is 3.45. The lowest BCUT2D eigenvalue weighted by molar-refractivity contribution is -0.0817.